The molecule has 1 heterocycles. The Balaban J connectivity index is 1.53. The van der Waals surface area contributed by atoms with E-state index in [4.69, 9.17) is 9.90 Å². The summed E-state index contributed by atoms with van der Waals surface area (Å²) < 4.78 is 79.4. The van der Waals surface area contributed by atoms with Crippen LogP contribution in [0.25, 0.3) is 88.0 Å². The first kappa shape index (κ1) is 18.7. The largest absolute Gasteiger partial charge is 0.456 e. The first-order valence-electron chi connectivity index (χ1n) is 18.8. The molecule has 0 N–H and O–H groups in total. The van der Waals surface area contributed by atoms with Gasteiger partial charge >= 0.3 is 0 Å². The average molecular weight is 581 g/mol. The molecule has 1 aromatic heterocycles. The normalized spacial score (nSPS) is 14.0. The van der Waals surface area contributed by atoms with E-state index >= 15 is 0 Å². The predicted octanol–water partition coefficient (Wildman–Crippen LogP) is 12.6. The number of hydrogen-bond acceptors (Lipinski definition) is 1. The minimum Gasteiger partial charge on any atom is -0.456 e. The molecule has 0 unspecified atom stereocenters. The van der Waals surface area contributed by atoms with Crippen LogP contribution in [0.4, 0.5) is 0 Å². The van der Waals surface area contributed by atoms with E-state index in [1.165, 1.54) is 0 Å². The summed E-state index contributed by atoms with van der Waals surface area (Å²) in [7, 11) is 0. The average Bonchev–Trinajstić information content (AvgIpc) is 3.57. The third kappa shape index (κ3) is 4.17. The lowest BCUT2D eigenvalue weighted by Crippen LogP contribution is -1.93. The van der Waals surface area contributed by atoms with Gasteiger partial charge in [0.05, 0.1) is 11.0 Å². The van der Waals surface area contributed by atoms with E-state index in [1.807, 2.05) is 121 Å². The molecule has 0 atom stereocenters. The van der Waals surface area contributed by atoms with Crippen LogP contribution in [0.1, 0.15) is 11.0 Å². The maximum absolute atomic E-state index is 9.45. The van der Waals surface area contributed by atoms with Crippen molar-refractivity contribution in [3.8, 4) is 44.5 Å². The van der Waals surface area contributed by atoms with Crippen LogP contribution in [0, 0.1) is 0 Å². The number of rotatable bonds is 4. The summed E-state index contributed by atoms with van der Waals surface area (Å²) in [6.45, 7) is 0. The van der Waals surface area contributed by atoms with Crippen molar-refractivity contribution in [3.63, 3.8) is 0 Å². The number of hydrogen-bond donors (Lipinski definition) is 0. The van der Waals surface area contributed by atoms with Crippen LogP contribution in [0.2, 0.25) is 0 Å². The molecule has 0 radical (unpaired) electrons. The molecule has 0 fully saturated rings. The topological polar surface area (TPSA) is 13.1 Å². The van der Waals surface area contributed by atoms with Gasteiger partial charge in [-0.25, -0.2) is 0 Å². The summed E-state index contributed by atoms with van der Waals surface area (Å²) in [5, 5.41) is 2.29. The fraction of sp³-hybridized carbons (Fsp3) is 0. The van der Waals surface area contributed by atoms with Crippen LogP contribution in [-0.4, -0.2) is 0 Å². The second-order valence-corrected chi connectivity index (χ2v) is 11.1. The van der Waals surface area contributed by atoms with Gasteiger partial charge in [0.2, 0.25) is 0 Å². The lowest BCUT2D eigenvalue weighted by Gasteiger charge is -2.20. The zero-order valence-electron chi connectivity index (χ0n) is 32.0. The molecule has 8 aromatic carbocycles. The molecular weight excluding hydrogens is 544 g/mol. The fourth-order valence-electron chi connectivity index (χ4n) is 6.48. The number of fused-ring (bicyclic) bond motifs is 5. The summed E-state index contributed by atoms with van der Waals surface area (Å²) in [5.41, 5.74) is 6.39. The molecule has 0 aliphatic rings. The summed E-state index contributed by atoms with van der Waals surface area (Å²) >= 11 is 0. The second-order valence-electron chi connectivity index (χ2n) is 11.1. The van der Waals surface area contributed by atoms with Gasteiger partial charge in [-0.2, -0.15) is 0 Å². The number of benzene rings is 8. The lowest BCUT2D eigenvalue weighted by atomic mass is 9.83. The second kappa shape index (κ2) is 10.4. The highest BCUT2D eigenvalue weighted by molar-refractivity contribution is 6.23. The van der Waals surface area contributed by atoms with Crippen molar-refractivity contribution in [1.82, 2.24) is 0 Å². The maximum Gasteiger partial charge on any atom is 0.136 e. The van der Waals surface area contributed by atoms with Crippen molar-refractivity contribution in [2.75, 3.05) is 0 Å². The highest BCUT2D eigenvalue weighted by Crippen LogP contribution is 2.48. The van der Waals surface area contributed by atoms with Gasteiger partial charge in [0.25, 0.3) is 0 Å². The van der Waals surface area contributed by atoms with Crippen molar-refractivity contribution in [1.29, 1.82) is 0 Å². The summed E-state index contributed by atoms with van der Waals surface area (Å²) in [6, 6.07) is 35.4. The molecule has 0 bridgehead atoms. The van der Waals surface area contributed by atoms with E-state index in [-0.39, 0.29) is 45.7 Å². The van der Waals surface area contributed by atoms with Gasteiger partial charge in [0.15, 0.2) is 0 Å². The van der Waals surface area contributed by atoms with Gasteiger partial charge in [-0.15, -0.1) is 0 Å². The minimum absolute atomic E-state index is 0.167. The Kier molecular flexibility index (Phi) is 4.30. The molecular formula is C44H28O. The van der Waals surface area contributed by atoms with Gasteiger partial charge in [0, 0.05) is 10.8 Å². The van der Waals surface area contributed by atoms with E-state index in [2.05, 4.69) is 0 Å². The summed E-state index contributed by atoms with van der Waals surface area (Å²) in [4.78, 5) is 0. The first-order valence-corrected chi connectivity index (χ1v) is 14.8. The molecule has 1 nitrogen and oxygen atoms in total. The van der Waals surface area contributed by atoms with E-state index in [0.29, 0.717) is 39.0 Å². The van der Waals surface area contributed by atoms with Gasteiger partial charge in [-0.3, -0.25) is 0 Å². The summed E-state index contributed by atoms with van der Waals surface area (Å²) in [5.74, 6) is 0. The van der Waals surface area contributed by atoms with E-state index in [9.17, 15) is 5.48 Å². The fourth-order valence-corrected chi connectivity index (χ4v) is 6.48. The van der Waals surface area contributed by atoms with Crippen LogP contribution in [0.5, 0.6) is 0 Å². The smallest absolute Gasteiger partial charge is 0.136 e. The van der Waals surface area contributed by atoms with Crippen LogP contribution >= 0.6 is 0 Å². The van der Waals surface area contributed by atoms with Gasteiger partial charge in [0.1, 0.15) is 11.2 Å². The van der Waals surface area contributed by atoms with Crippen LogP contribution in [0.15, 0.2) is 174 Å². The zero-order chi connectivity index (χ0) is 36.7. The van der Waals surface area contributed by atoms with Gasteiger partial charge in [-0.1, -0.05) is 151 Å². The Morgan fingerprint density at radius 3 is 1.51 bits per heavy atom. The Hall–Kier alpha value is -5.92. The maximum atomic E-state index is 9.45. The SMILES string of the molecule is [2H]c1c([2H])c([2H])c2c(-c3cc4c(cc3-c3ccccc3)oc3ccccc34)c3c([2H])c([2H])c([2H])c([2H])c3c(-c3ccc(-c4ccccc4)cc3)c2c1[2H]. The molecule has 9 rings (SSSR count). The molecule has 0 saturated heterocycles. The van der Waals surface area contributed by atoms with E-state index < -0.39 is 24.2 Å². The Morgan fingerprint density at radius 1 is 0.356 bits per heavy atom. The Morgan fingerprint density at radius 2 is 0.867 bits per heavy atom. The van der Waals surface area contributed by atoms with Crippen molar-refractivity contribution >= 4 is 43.5 Å². The third-order valence-electron chi connectivity index (χ3n) is 8.53. The van der Waals surface area contributed by atoms with Crippen molar-refractivity contribution in [2.45, 2.75) is 0 Å². The molecule has 0 aliphatic carbocycles. The lowest BCUT2D eigenvalue weighted by molar-refractivity contribution is 0.669. The van der Waals surface area contributed by atoms with Crippen molar-refractivity contribution in [2.24, 2.45) is 0 Å². The monoisotopic (exact) mass is 580 g/mol. The molecule has 210 valence electrons. The van der Waals surface area contributed by atoms with E-state index in [1.54, 1.807) is 0 Å². The van der Waals surface area contributed by atoms with Crippen LogP contribution in [0.3, 0.4) is 0 Å². The Labute approximate surface area is 272 Å². The third-order valence-corrected chi connectivity index (χ3v) is 8.53. The molecule has 1 heteroatoms. The molecule has 45 heavy (non-hydrogen) atoms. The first-order chi connectivity index (χ1) is 25.7. The predicted molar refractivity (Wildman–Crippen MR) is 190 cm³/mol. The Bertz CT molecular complexity index is 2870. The van der Waals surface area contributed by atoms with Gasteiger partial charge in [-0.05, 0) is 84.3 Å². The summed E-state index contributed by atoms with van der Waals surface area (Å²) in [6.07, 6.45) is 0. The highest BCUT2D eigenvalue weighted by Gasteiger charge is 2.21. The molecule has 0 amide bonds. The van der Waals surface area contributed by atoms with Crippen LogP contribution in [-0.2, 0) is 0 Å². The van der Waals surface area contributed by atoms with E-state index in [0.717, 1.165) is 27.5 Å². The van der Waals surface area contributed by atoms with Crippen molar-refractivity contribution < 1.29 is 15.4 Å². The molecule has 0 aliphatic heterocycles. The minimum atomic E-state index is -0.439. The van der Waals surface area contributed by atoms with Crippen LogP contribution < -0.4 is 0 Å². The quantitative estimate of drug-likeness (QED) is 0.189. The number of para-hydroxylation sites is 1. The molecule has 0 saturated carbocycles. The standard InChI is InChI=1S/C44H28O/c1-3-13-29(14-4-1)30-23-25-32(26-24-30)43-34-18-7-9-20-36(34)44(37-21-10-8-19-35(37)43)40-27-39-33-17-11-12-22-41(33)45-42(39)28-38(40)31-15-5-2-6-16-31/h1-28H/i7D,8D,9D,10D,18D,19D,20D,21D. The molecule has 0 spiro atoms. The number of furan rings is 1. The molecule has 9 aromatic rings. The highest BCUT2D eigenvalue weighted by atomic mass is 16.3. The zero-order valence-corrected chi connectivity index (χ0v) is 24.0. The van der Waals surface area contributed by atoms with Gasteiger partial charge < -0.3 is 4.42 Å². The van der Waals surface area contributed by atoms with Crippen molar-refractivity contribution in [3.05, 3.63) is 170 Å².